The average Bonchev–Trinajstić information content (AvgIpc) is 2.23. The lowest BCUT2D eigenvalue weighted by Gasteiger charge is -2.13. The highest BCUT2D eigenvalue weighted by Crippen LogP contribution is 2.17. The molecule has 0 heterocycles. The Kier molecular flexibility index (Phi) is 7.79. The van der Waals surface area contributed by atoms with Gasteiger partial charge in [0.15, 0.2) is 0 Å². The fraction of sp³-hybridized carbons (Fsp3) is 0.571. The zero-order valence-electron chi connectivity index (χ0n) is 10.8. The third-order valence-corrected chi connectivity index (χ3v) is 1.98. The normalized spacial score (nSPS) is 9.47. The molecule has 1 heteroatoms. The van der Waals surface area contributed by atoms with E-state index in [4.69, 9.17) is 0 Å². The maximum atomic E-state index is 3.46. The molecule has 0 aliphatic heterocycles. The molecule has 1 N–H and O–H groups in total. The van der Waals surface area contributed by atoms with Crippen molar-refractivity contribution >= 4 is 5.69 Å². The summed E-state index contributed by atoms with van der Waals surface area (Å²) in [4.78, 5) is 0. The molecule has 0 aromatic heterocycles. The van der Waals surface area contributed by atoms with Crippen LogP contribution in [0.15, 0.2) is 24.3 Å². The number of nitrogens with one attached hydrogen (secondary N) is 1. The van der Waals surface area contributed by atoms with Crippen LogP contribution in [0.2, 0.25) is 0 Å². The molecule has 0 aliphatic rings. The number of benzene rings is 1. The summed E-state index contributed by atoms with van der Waals surface area (Å²) < 4.78 is 0. The van der Waals surface area contributed by atoms with E-state index in [-0.39, 0.29) is 0 Å². The van der Waals surface area contributed by atoms with Gasteiger partial charge in [-0.05, 0) is 31.9 Å². The van der Waals surface area contributed by atoms with Crippen LogP contribution in [0.3, 0.4) is 0 Å². The monoisotopic (exact) mass is 207 g/mol. The first-order chi connectivity index (χ1) is 7.24. The fourth-order valence-electron chi connectivity index (χ4n) is 1.46. The number of para-hydroxylation sites is 1. The van der Waals surface area contributed by atoms with E-state index in [9.17, 15) is 0 Å². The third kappa shape index (κ3) is 5.46. The van der Waals surface area contributed by atoms with Crippen LogP contribution in [0, 0.1) is 0 Å². The lowest BCUT2D eigenvalue weighted by molar-refractivity contribution is 0.878. The molecular weight excluding hydrogens is 182 g/mol. The second-order valence-electron chi connectivity index (χ2n) is 3.71. The Bertz CT molecular complexity index is 253. The summed E-state index contributed by atoms with van der Waals surface area (Å²) in [6.45, 7) is 10.6. The first kappa shape index (κ1) is 14.0. The van der Waals surface area contributed by atoms with E-state index in [0.29, 0.717) is 6.04 Å². The molecule has 1 aromatic carbocycles. The summed E-state index contributed by atoms with van der Waals surface area (Å²) in [5, 5.41) is 3.46. The SMILES string of the molecule is CC.CCCc1ccccc1NC(C)C. The van der Waals surface area contributed by atoms with E-state index in [2.05, 4.69) is 50.4 Å². The fourth-order valence-corrected chi connectivity index (χ4v) is 1.46. The molecule has 0 fully saturated rings. The van der Waals surface area contributed by atoms with Crippen LogP contribution in [-0.2, 0) is 6.42 Å². The minimum absolute atomic E-state index is 0.512. The van der Waals surface area contributed by atoms with Crippen LogP contribution in [0.1, 0.15) is 46.6 Å². The van der Waals surface area contributed by atoms with Gasteiger partial charge in [0.25, 0.3) is 0 Å². The molecule has 0 aliphatic carbocycles. The molecule has 0 saturated carbocycles. The highest BCUT2D eigenvalue weighted by atomic mass is 14.9. The third-order valence-electron chi connectivity index (χ3n) is 1.98. The van der Waals surface area contributed by atoms with Crippen LogP contribution in [0.4, 0.5) is 5.69 Å². The summed E-state index contributed by atoms with van der Waals surface area (Å²) >= 11 is 0. The highest BCUT2D eigenvalue weighted by molar-refractivity contribution is 5.51. The van der Waals surface area contributed by atoms with Crippen molar-refractivity contribution < 1.29 is 0 Å². The van der Waals surface area contributed by atoms with Crippen molar-refractivity contribution in [2.75, 3.05) is 5.32 Å². The number of rotatable bonds is 4. The van der Waals surface area contributed by atoms with Crippen molar-refractivity contribution in [3.05, 3.63) is 29.8 Å². The molecule has 0 amide bonds. The number of aryl methyl sites for hydroxylation is 1. The molecule has 0 bridgehead atoms. The van der Waals surface area contributed by atoms with Gasteiger partial charge in [0.1, 0.15) is 0 Å². The van der Waals surface area contributed by atoms with Gasteiger partial charge in [0.05, 0.1) is 0 Å². The zero-order valence-corrected chi connectivity index (χ0v) is 10.8. The van der Waals surface area contributed by atoms with Gasteiger partial charge in [-0.1, -0.05) is 45.4 Å². The van der Waals surface area contributed by atoms with Crippen LogP contribution >= 0.6 is 0 Å². The van der Waals surface area contributed by atoms with Crippen molar-refractivity contribution in [2.24, 2.45) is 0 Å². The van der Waals surface area contributed by atoms with Gasteiger partial charge in [-0.2, -0.15) is 0 Å². The second kappa shape index (κ2) is 8.34. The topological polar surface area (TPSA) is 12.0 Å². The number of hydrogen-bond acceptors (Lipinski definition) is 1. The van der Waals surface area contributed by atoms with Crippen LogP contribution in [-0.4, -0.2) is 6.04 Å². The maximum absolute atomic E-state index is 3.46. The van der Waals surface area contributed by atoms with E-state index in [1.54, 1.807) is 0 Å². The van der Waals surface area contributed by atoms with Crippen molar-refractivity contribution in [3.63, 3.8) is 0 Å². The largest absolute Gasteiger partial charge is 0.383 e. The van der Waals surface area contributed by atoms with Crippen molar-refractivity contribution in [1.82, 2.24) is 0 Å². The van der Waals surface area contributed by atoms with Crippen molar-refractivity contribution in [2.45, 2.75) is 53.5 Å². The Balaban J connectivity index is 0.000000921. The molecule has 0 spiro atoms. The first-order valence-electron chi connectivity index (χ1n) is 6.08. The van der Waals surface area contributed by atoms with Crippen LogP contribution in [0.25, 0.3) is 0 Å². The summed E-state index contributed by atoms with van der Waals surface area (Å²) in [7, 11) is 0. The Hall–Kier alpha value is -0.980. The number of anilines is 1. The minimum Gasteiger partial charge on any atom is -0.383 e. The average molecular weight is 207 g/mol. The molecule has 0 saturated heterocycles. The van der Waals surface area contributed by atoms with Gasteiger partial charge >= 0.3 is 0 Å². The van der Waals surface area contributed by atoms with Crippen LogP contribution in [0.5, 0.6) is 0 Å². The summed E-state index contributed by atoms with van der Waals surface area (Å²) in [6, 6.07) is 9.07. The molecule has 0 unspecified atom stereocenters. The molecule has 1 nitrogen and oxygen atoms in total. The predicted octanol–water partition coefficient (Wildman–Crippen LogP) is 4.49. The Morgan fingerprint density at radius 3 is 2.27 bits per heavy atom. The highest BCUT2D eigenvalue weighted by Gasteiger charge is 2.00. The smallest absolute Gasteiger partial charge is 0.0374 e. The Morgan fingerprint density at radius 1 is 1.13 bits per heavy atom. The zero-order chi connectivity index (χ0) is 11.7. The Labute approximate surface area is 94.9 Å². The van der Waals surface area contributed by atoms with E-state index in [1.807, 2.05) is 13.8 Å². The van der Waals surface area contributed by atoms with Crippen LogP contribution < -0.4 is 5.32 Å². The summed E-state index contributed by atoms with van der Waals surface area (Å²) in [5.74, 6) is 0. The van der Waals surface area contributed by atoms with E-state index >= 15 is 0 Å². The van der Waals surface area contributed by atoms with Gasteiger partial charge < -0.3 is 5.32 Å². The molecular formula is C14H25N. The van der Waals surface area contributed by atoms with E-state index in [1.165, 1.54) is 17.7 Å². The van der Waals surface area contributed by atoms with Crippen molar-refractivity contribution in [1.29, 1.82) is 0 Å². The van der Waals surface area contributed by atoms with Gasteiger partial charge in [-0.15, -0.1) is 0 Å². The summed E-state index contributed by atoms with van der Waals surface area (Å²) in [5.41, 5.74) is 2.72. The molecule has 0 atom stereocenters. The molecule has 1 rings (SSSR count). The number of hydrogen-bond donors (Lipinski definition) is 1. The van der Waals surface area contributed by atoms with Gasteiger partial charge in [0.2, 0.25) is 0 Å². The van der Waals surface area contributed by atoms with E-state index < -0.39 is 0 Å². The van der Waals surface area contributed by atoms with Gasteiger partial charge in [-0.3, -0.25) is 0 Å². The first-order valence-corrected chi connectivity index (χ1v) is 6.08. The van der Waals surface area contributed by atoms with Crippen molar-refractivity contribution in [3.8, 4) is 0 Å². The molecule has 0 radical (unpaired) electrons. The maximum Gasteiger partial charge on any atom is 0.0374 e. The molecule has 15 heavy (non-hydrogen) atoms. The quantitative estimate of drug-likeness (QED) is 0.767. The standard InChI is InChI=1S/C12H19N.C2H6/c1-4-7-11-8-5-6-9-12(11)13-10(2)3;1-2/h5-6,8-10,13H,4,7H2,1-3H3;1-2H3. The molecule has 1 aromatic rings. The van der Waals surface area contributed by atoms with Gasteiger partial charge in [-0.25, -0.2) is 0 Å². The second-order valence-corrected chi connectivity index (χ2v) is 3.71. The minimum atomic E-state index is 0.512. The molecule has 86 valence electrons. The van der Waals surface area contributed by atoms with Gasteiger partial charge in [0, 0.05) is 11.7 Å². The Morgan fingerprint density at radius 2 is 1.73 bits per heavy atom. The summed E-state index contributed by atoms with van der Waals surface area (Å²) in [6.07, 6.45) is 2.37. The predicted molar refractivity (Wildman–Crippen MR) is 70.5 cm³/mol. The lowest BCUT2D eigenvalue weighted by Crippen LogP contribution is -2.11. The van der Waals surface area contributed by atoms with E-state index in [0.717, 1.165) is 6.42 Å². The lowest BCUT2D eigenvalue weighted by atomic mass is 10.1.